The molecule has 0 radical (unpaired) electrons. The van der Waals surface area contributed by atoms with Crippen molar-refractivity contribution in [2.45, 2.75) is 32.6 Å². The highest BCUT2D eigenvalue weighted by Crippen LogP contribution is 2.23. The van der Waals surface area contributed by atoms with Gasteiger partial charge < -0.3 is 14.0 Å². The molecule has 0 spiro atoms. The predicted octanol–water partition coefficient (Wildman–Crippen LogP) is 1.39. The van der Waals surface area contributed by atoms with Crippen molar-refractivity contribution in [1.82, 2.24) is 19.3 Å². The van der Waals surface area contributed by atoms with E-state index < -0.39 is 10.0 Å². The van der Waals surface area contributed by atoms with Crippen LogP contribution in [0.5, 0.6) is 5.75 Å². The molecule has 2 atom stereocenters. The van der Waals surface area contributed by atoms with Gasteiger partial charge in [-0.3, -0.25) is 9.80 Å². The average molecular weight is 504 g/mol. The molecule has 0 saturated carbocycles. The molecule has 1 aromatic heterocycles. The highest BCUT2D eigenvalue weighted by Gasteiger charge is 2.35. The predicted molar refractivity (Wildman–Crippen MR) is 129 cm³/mol. The van der Waals surface area contributed by atoms with Crippen LogP contribution in [0.3, 0.4) is 0 Å². The van der Waals surface area contributed by atoms with Gasteiger partial charge in [-0.15, -0.1) is 0 Å². The van der Waals surface area contributed by atoms with Gasteiger partial charge in [0, 0.05) is 57.9 Å². The normalized spacial score (nSPS) is 21.2. The Labute approximate surface area is 207 Å². The number of sulfonamides is 1. The van der Waals surface area contributed by atoms with Gasteiger partial charge in [0.1, 0.15) is 18.1 Å². The summed E-state index contributed by atoms with van der Waals surface area (Å²) in [4.78, 5) is 4.69. The number of rotatable bonds is 10. The lowest BCUT2D eigenvalue weighted by atomic mass is 10.1. The molecule has 2 saturated heterocycles. The van der Waals surface area contributed by atoms with Crippen LogP contribution >= 0.6 is 0 Å². The standard InChI is InChI=1S/C24H33N5O5S/c1-18-24(19(2)34-26-18)17-28-15-22-13-27(14-23(16-28)33-22)8-9-29(35(3,30)31)10-11-32-21-6-4-20(12-25)5-7-21/h4-7,22-23H,8-11,13-17H2,1-3H3. The molecule has 1 aromatic carbocycles. The van der Waals surface area contributed by atoms with Gasteiger partial charge in [0.15, 0.2) is 0 Å². The van der Waals surface area contributed by atoms with Crippen LogP contribution in [0.4, 0.5) is 0 Å². The van der Waals surface area contributed by atoms with Crippen LogP contribution < -0.4 is 4.74 Å². The second-order valence-electron chi connectivity index (χ2n) is 9.28. The number of hydrogen-bond acceptors (Lipinski definition) is 9. The Morgan fingerprint density at radius 3 is 2.34 bits per heavy atom. The molecule has 2 fully saturated rings. The molecule has 2 aliphatic rings. The zero-order valence-corrected chi connectivity index (χ0v) is 21.3. The number of nitrogens with zero attached hydrogens (tertiary/aromatic N) is 5. The summed E-state index contributed by atoms with van der Waals surface area (Å²) in [7, 11) is -3.37. The number of morpholine rings is 2. The largest absolute Gasteiger partial charge is 0.492 e. The van der Waals surface area contributed by atoms with E-state index >= 15 is 0 Å². The van der Waals surface area contributed by atoms with Gasteiger partial charge in [0.25, 0.3) is 0 Å². The van der Waals surface area contributed by atoms with Crippen molar-refractivity contribution in [3.05, 3.63) is 46.8 Å². The summed E-state index contributed by atoms with van der Waals surface area (Å²) in [6, 6.07) is 8.84. The minimum absolute atomic E-state index is 0.0920. The van der Waals surface area contributed by atoms with Gasteiger partial charge in [-0.25, -0.2) is 8.42 Å². The fourth-order valence-corrected chi connectivity index (χ4v) is 5.53. The lowest BCUT2D eigenvalue weighted by molar-refractivity contribution is -0.140. The van der Waals surface area contributed by atoms with Gasteiger partial charge >= 0.3 is 0 Å². The number of fused-ring (bicyclic) bond motifs is 2. The summed E-state index contributed by atoms with van der Waals surface area (Å²) in [6.07, 6.45) is 1.42. The maximum absolute atomic E-state index is 12.3. The molecule has 2 unspecified atom stereocenters. The molecule has 0 amide bonds. The molecule has 4 rings (SSSR count). The van der Waals surface area contributed by atoms with E-state index in [0.717, 1.165) is 49.7 Å². The summed E-state index contributed by atoms with van der Waals surface area (Å²) in [5.41, 5.74) is 2.64. The van der Waals surface area contributed by atoms with Gasteiger partial charge in [0.05, 0.1) is 35.8 Å². The Kier molecular flexibility index (Phi) is 8.09. The molecule has 3 heterocycles. The zero-order valence-electron chi connectivity index (χ0n) is 20.5. The van der Waals surface area contributed by atoms with Crippen LogP contribution in [0, 0.1) is 25.2 Å². The monoisotopic (exact) mass is 503 g/mol. The number of hydrogen-bond donors (Lipinski definition) is 0. The van der Waals surface area contributed by atoms with E-state index in [1.165, 1.54) is 10.6 Å². The Bertz CT molecular complexity index is 1110. The number of aromatic nitrogens is 1. The first-order chi connectivity index (χ1) is 16.7. The van der Waals surface area contributed by atoms with E-state index in [4.69, 9.17) is 19.3 Å². The van der Waals surface area contributed by atoms with Gasteiger partial charge in [-0.1, -0.05) is 5.16 Å². The molecule has 2 aromatic rings. The summed E-state index contributed by atoms with van der Waals surface area (Å²) in [5, 5.41) is 12.9. The fraction of sp³-hybridized carbons (Fsp3) is 0.583. The van der Waals surface area contributed by atoms with Crippen LogP contribution in [-0.2, 0) is 21.3 Å². The first-order valence-electron chi connectivity index (χ1n) is 11.8. The minimum Gasteiger partial charge on any atom is -0.492 e. The number of aryl methyl sites for hydroxylation is 2. The van der Waals surface area contributed by atoms with Crippen molar-refractivity contribution in [3.63, 3.8) is 0 Å². The maximum Gasteiger partial charge on any atom is 0.211 e. The highest BCUT2D eigenvalue weighted by atomic mass is 32.2. The Morgan fingerprint density at radius 2 is 1.77 bits per heavy atom. The molecule has 11 heteroatoms. The van der Waals surface area contributed by atoms with Crippen LogP contribution in [-0.4, -0.2) is 98.6 Å². The van der Waals surface area contributed by atoms with E-state index in [1.54, 1.807) is 24.3 Å². The lowest BCUT2D eigenvalue weighted by Gasteiger charge is -2.46. The third kappa shape index (κ3) is 6.80. The molecular weight excluding hydrogens is 470 g/mol. The summed E-state index contributed by atoms with van der Waals surface area (Å²) in [5.74, 6) is 1.48. The quantitative estimate of drug-likeness (QED) is 0.475. The molecular formula is C24H33N5O5S. The molecule has 2 bridgehead atoms. The summed E-state index contributed by atoms with van der Waals surface area (Å²) >= 11 is 0. The van der Waals surface area contributed by atoms with Crippen LogP contribution in [0.1, 0.15) is 22.6 Å². The van der Waals surface area contributed by atoms with E-state index in [1.807, 2.05) is 13.8 Å². The van der Waals surface area contributed by atoms with Crippen molar-refractivity contribution in [2.75, 3.05) is 58.7 Å². The van der Waals surface area contributed by atoms with Crippen LogP contribution in [0.25, 0.3) is 0 Å². The number of nitriles is 1. The summed E-state index contributed by atoms with van der Waals surface area (Å²) < 4.78 is 43.3. The second-order valence-corrected chi connectivity index (χ2v) is 11.3. The SMILES string of the molecule is Cc1noc(C)c1CN1CC2CN(CCN(CCOc3ccc(C#N)cc3)S(C)(=O)=O)CC(C1)O2. The molecule has 0 N–H and O–H groups in total. The van der Waals surface area contributed by atoms with Crippen molar-refractivity contribution < 1.29 is 22.4 Å². The van der Waals surface area contributed by atoms with E-state index in [0.29, 0.717) is 24.4 Å². The van der Waals surface area contributed by atoms with Gasteiger partial charge in [-0.2, -0.15) is 9.57 Å². The third-order valence-corrected chi connectivity index (χ3v) is 7.83. The van der Waals surface area contributed by atoms with E-state index in [9.17, 15) is 8.42 Å². The third-order valence-electron chi connectivity index (χ3n) is 6.52. The number of ether oxygens (including phenoxy) is 2. The smallest absolute Gasteiger partial charge is 0.211 e. The van der Waals surface area contributed by atoms with Crippen molar-refractivity contribution in [1.29, 1.82) is 5.26 Å². The van der Waals surface area contributed by atoms with Crippen LogP contribution in [0.15, 0.2) is 28.8 Å². The highest BCUT2D eigenvalue weighted by molar-refractivity contribution is 7.88. The van der Waals surface area contributed by atoms with Crippen molar-refractivity contribution in [2.24, 2.45) is 0 Å². The van der Waals surface area contributed by atoms with Gasteiger partial charge in [0.2, 0.25) is 10.0 Å². The van der Waals surface area contributed by atoms with E-state index in [2.05, 4.69) is 21.0 Å². The first-order valence-corrected chi connectivity index (χ1v) is 13.7. The molecule has 190 valence electrons. The molecule has 10 nitrogen and oxygen atoms in total. The van der Waals surface area contributed by atoms with E-state index in [-0.39, 0.29) is 25.4 Å². The molecule has 0 aliphatic carbocycles. The van der Waals surface area contributed by atoms with Crippen LogP contribution in [0.2, 0.25) is 0 Å². The summed E-state index contributed by atoms with van der Waals surface area (Å²) in [6.45, 7) is 9.46. The zero-order chi connectivity index (χ0) is 25.0. The molecule has 35 heavy (non-hydrogen) atoms. The van der Waals surface area contributed by atoms with Gasteiger partial charge in [-0.05, 0) is 38.1 Å². The Balaban J connectivity index is 1.25. The number of benzene rings is 1. The maximum atomic E-state index is 12.3. The van der Waals surface area contributed by atoms with Crippen molar-refractivity contribution >= 4 is 10.0 Å². The fourth-order valence-electron chi connectivity index (χ4n) is 4.71. The van der Waals surface area contributed by atoms with Crippen molar-refractivity contribution in [3.8, 4) is 11.8 Å². The average Bonchev–Trinajstić information content (AvgIpc) is 3.12. The lowest BCUT2D eigenvalue weighted by Crippen LogP contribution is -2.60. The first kappa shape index (κ1) is 25.6. The Hall–Kier alpha value is -2.49. The topological polar surface area (TPSA) is 112 Å². The second kappa shape index (κ2) is 11.1. The Morgan fingerprint density at radius 1 is 1.11 bits per heavy atom. The molecule has 2 aliphatic heterocycles. The minimum atomic E-state index is -3.37.